The van der Waals surface area contributed by atoms with E-state index >= 15 is 0 Å². The fraction of sp³-hybridized carbons (Fsp3) is 0.316. The van der Waals surface area contributed by atoms with E-state index in [-0.39, 0.29) is 5.41 Å². The van der Waals surface area contributed by atoms with Crippen LogP contribution in [-0.4, -0.2) is 13.2 Å². The number of hydrogen-bond donors (Lipinski definition) is 0. The van der Waals surface area contributed by atoms with Gasteiger partial charge in [0, 0.05) is 12.0 Å². The number of fused-ring (bicyclic) bond motifs is 1. The molecule has 1 heterocycles. The highest BCUT2D eigenvalue weighted by Gasteiger charge is 2.44. The highest BCUT2D eigenvalue weighted by atomic mass is 16.5. The molecule has 4 rings (SSSR count). The topological polar surface area (TPSA) is 42.2 Å². The quantitative estimate of drug-likeness (QED) is 0.837. The fourth-order valence-electron chi connectivity index (χ4n) is 3.00. The second kappa shape index (κ2) is 5.06. The molecule has 0 aromatic heterocycles. The molecule has 0 bridgehead atoms. The van der Waals surface area contributed by atoms with E-state index in [9.17, 15) is 5.26 Å². The van der Waals surface area contributed by atoms with Crippen LogP contribution < -0.4 is 9.47 Å². The molecule has 0 amide bonds. The van der Waals surface area contributed by atoms with Crippen LogP contribution in [0.25, 0.3) is 11.1 Å². The van der Waals surface area contributed by atoms with Crippen molar-refractivity contribution < 1.29 is 9.47 Å². The van der Waals surface area contributed by atoms with E-state index in [0.717, 1.165) is 47.5 Å². The van der Waals surface area contributed by atoms with Crippen LogP contribution in [0.1, 0.15) is 24.8 Å². The molecule has 0 saturated heterocycles. The van der Waals surface area contributed by atoms with Gasteiger partial charge in [0.05, 0.1) is 24.7 Å². The molecule has 1 saturated carbocycles. The zero-order chi connectivity index (χ0) is 15.0. The largest absolute Gasteiger partial charge is 0.490 e. The molecule has 1 fully saturated rings. The molecule has 110 valence electrons. The Kier molecular flexibility index (Phi) is 3.04. The standard InChI is InChI=1S/C19H17NO2/c20-13-19(8-9-19)15-5-1-4-14(12-15)16-6-2-7-17-18(16)22-11-3-10-21-17/h1-2,4-7,12H,3,8-11H2. The van der Waals surface area contributed by atoms with E-state index in [2.05, 4.69) is 30.3 Å². The van der Waals surface area contributed by atoms with Crippen molar-refractivity contribution in [3.63, 3.8) is 0 Å². The Morgan fingerprint density at radius 2 is 1.82 bits per heavy atom. The summed E-state index contributed by atoms with van der Waals surface area (Å²) in [6.45, 7) is 1.36. The van der Waals surface area contributed by atoms with E-state index in [1.165, 1.54) is 0 Å². The number of ether oxygens (including phenoxy) is 2. The van der Waals surface area contributed by atoms with Crippen LogP contribution in [0.4, 0.5) is 0 Å². The van der Waals surface area contributed by atoms with Crippen molar-refractivity contribution in [3.8, 4) is 28.7 Å². The average Bonchev–Trinajstić information content (AvgIpc) is 3.38. The van der Waals surface area contributed by atoms with Crippen LogP contribution >= 0.6 is 0 Å². The summed E-state index contributed by atoms with van der Waals surface area (Å²) in [6.07, 6.45) is 2.81. The van der Waals surface area contributed by atoms with E-state index in [1.54, 1.807) is 0 Å². The number of para-hydroxylation sites is 1. The van der Waals surface area contributed by atoms with Gasteiger partial charge >= 0.3 is 0 Å². The minimum absolute atomic E-state index is 0.265. The molecule has 1 aliphatic carbocycles. The first-order chi connectivity index (χ1) is 10.8. The van der Waals surface area contributed by atoms with Gasteiger partial charge in [0.1, 0.15) is 0 Å². The SMILES string of the molecule is N#CC1(c2cccc(-c3cccc4c3OCCCO4)c2)CC1. The van der Waals surface area contributed by atoms with Crippen molar-refractivity contribution in [2.24, 2.45) is 0 Å². The molecule has 2 aliphatic rings. The molecular formula is C19H17NO2. The predicted molar refractivity (Wildman–Crippen MR) is 84.0 cm³/mol. The Balaban J connectivity index is 1.80. The first-order valence-electron chi connectivity index (χ1n) is 7.73. The Bertz CT molecular complexity index is 756. The van der Waals surface area contributed by atoms with Crippen molar-refractivity contribution in [2.75, 3.05) is 13.2 Å². The fourth-order valence-corrected chi connectivity index (χ4v) is 3.00. The maximum atomic E-state index is 9.41. The highest BCUT2D eigenvalue weighted by molar-refractivity contribution is 5.74. The molecule has 3 nitrogen and oxygen atoms in total. The lowest BCUT2D eigenvalue weighted by Gasteiger charge is -2.14. The van der Waals surface area contributed by atoms with Gasteiger partial charge in [0.25, 0.3) is 0 Å². The second-order valence-electron chi connectivity index (χ2n) is 5.96. The van der Waals surface area contributed by atoms with Crippen LogP contribution in [0.15, 0.2) is 42.5 Å². The van der Waals surface area contributed by atoms with Gasteiger partial charge in [-0.3, -0.25) is 0 Å². The summed E-state index contributed by atoms with van der Waals surface area (Å²) in [5.74, 6) is 1.63. The van der Waals surface area contributed by atoms with Gasteiger partial charge in [0.15, 0.2) is 11.5 Å². The number of rotatable bonds is 2. The summed E-state index contributed by atoms with van der Waals surface area (Å²) in [4.78, 5) is 0. The molecule has 0 radical (unpaired) electrons. The summed E-state index contributed by atoms with van der Waals surface area (Å²) in [5.41, 5.74) is 2.97. The molecule has 22 heavy (non-hydrogen) atoms. The summed E-state index contributed by atoms with van der Waals surface area (Å²) < 4.78 is 11.7. The number of hydrogen-bond acceptors (Lipinski definition) is 3. The molecule has 1 aliphatic heterocycles. The van der Waals surface area contributed by atoms with Gasteiger partial charge in [-0.05, 0) is 36.1 Å². The summed E-state index contributed by atoms with van der Waals surface area (Å²) in [7, 11) is 0. The lowest BCUT2D eigenvalue weighted by molar-refractivity contribution is 0.297. The van der Waals surface area contributed by atoms with Crippen molar-refractivity contribution in [3.05, 3.63) is 48.0 Å². The van der Waals surface area contributed by atoms with Crippen molar-refractivity contribution in [2.45, 2.75) is 24.7 Å². The zero-order valence-electron chi connectivity index (χ0n) is 12.3. The first kappa shape index (κ1) is 13.2. The molecule has 3 heteroatoms. The maximum Gasteiger partial charge on any atom is 0.168 e. The van der Waals surface area contributed by atoms with Gasteiger partial charge in [-0.1, -0.05) is 30.3 Å². The third-order valence-corrected chi connectivity index (χ3v) is 4.46. The van der Waals surface area contributed by atoms with Crippen LogP contribution in [0.3, 0.4) is 0 Å². The van der Waals surface area contributed by atoms with Gasteiger partial charge in [-0.2, -0.15) is 5.26 Å². The minimum atomic E-state index is -0.265. The monoisotopic (exact) mass is 291 g/mol. The number of nitriles is 1. The zero-order valence-corrected chi connectivity index (χ0v) is 12.3. The Labute approximate surface area is 130 Å². The Morgan fingerprint density at radius 3 is 2.64 bits per heavy atom. The predicted octanol–water partition coefficient (Wildman–Crippen LogP) is 4.07. The Hall–Kier alpha value is -2.47. The van der Waals surface area contributed by atoms with E-state index < -0.39 is 0 Å². The van der Waals surface area contributed by atoms with E-state index in [1.807, 2.05) is 18.2 Å². The third-order valence-electron chi connectivity index (χ3n) is 4.46. The molecule has 2 aromatic rings. The van der Waals surface area contributed by atoms with Crippen LogP contribution in [-0.2, 0) is 5.41 Å². The Morgan fingerprint density at radius 1 is 1.00 bits per heavy atom. The third kappa shape index (κ3) is 2.12. The van der Waals surface area contributed by atoms with Gasteiger partial charge in [-0.25, -0.2) is 0 Å². The van der Waals surface area contributed by atoms with Crippen molar-refractivity contribution in [1.82, 2.24) is 0 Å². The molecule has 0 N–H and O–H groups in total. The van der Waals surface area contributed by atoms with Crippen molar-refractivity contribution in [1.29, 1.82) is 5.26 Å². The minimum Gasteiger partial charge on any atom is -0.490 e. The van der Waals surface area contributed by atoms with Crippen molar-refractivity contribution >= 4 is 0 Å². The second-order valence-corrected chi connectivity index (χ2v) is 5.96. The average molecular weight is 291 g/mol. The lowest BCUT2D eigenvalue weighted by atomic mass is 9.93. The smallest absolute Gasteiger partial charge is 0.168 e. The van der Waals surface area contributed by atoms with Gasteiger partial charge in [0.2, 0.25) is 0 Å². The summed E-state index contributed by atoms with van der Waals surface area (Å²) in [5, 5.41) is 9.41. The van der Waals surface area contributed by atoms with Gasteiger partial charge in [-0.15, -0.1) is 0 Å². The number of benzene rings is 2. The van der Waals surface area contributed by atoms with E-state index in [0.29, 0.717) is 13.2 Å². The van der Waals surface area contributed by atoms with Gasteiger partial charge < -0.3 is 9.47 Å². The normalized spacial score (nSPS) is 18.1. The summed E-state index contributed by atoms with van der Waals surface area (Å²) >= 11 is 0. The molecule has 0 unspecified atom stereocenters. The molecule has 0 spiro atoms. The van der Waals surface area contributed by atoms with Crippen LogP contribution in [0.2, 0.25) is 0 Å². The summed E-state index contributed by atoms with van der Waals surface area (Å²) in [6, 6.07) is 16.7. The first-order valence-corrected chi connectivity index (χ1v) is 7.73. The molecule has 2 aromatic carbocycles. The molecular weight excluding hydrogens is 274 g/mol. The maximum absolute atomic E-state index is 9.41. The van der Waals surface area contributed by atoms with Crippen LogP contribution in [0, 0.1) is 11.3 Å². The van der Waals surface area contributed by atoms with Crippen LogP contribution in [0.5, 0.6) is 11.5 Å². The number of nitrogens with zero attached hydrogens (tertiary/aromatic N) is 1. The van der Waals surface area contributed by atoms with E-state index in [4.69, 9.17) is 9.47 Å². The lowest BCUT2D eigenvalue weighted by Crippen LogP contribution is -2.02. The molecule has 0 atom stereocenters. The highest BCUT2D eigenvalue weighted by Crippen LogP contribution is 2.49.